The summed E-state index contributed by atoms with van der Waals surface area (Å²) in [7, 11) is 0. The van der Waals surface area contributed by atoms with Gasteiger partial charge in [0.25, 0.3) is 5.56 Å². The average molecular weight is 539 g/mol. The molecule has 1 atom stereocenters. The number of fused-ring (bicyclic) bond motifs is 2. The highest BCUT2D eigenvalue weighted by atomic mass is 32.2. The van der Waals surface area contributed by atoms with E-state index in [9.17, 15) is 27.9 Å². The van der Waals surface area contributed by atoms with Gasteiger partial charge in [-0.25, -0.2) is 9.10 Å². The molecule has 0 amide bonds. The van der Waals surface area contributed by atoms with E-state index >= 15 is 0 Å². The molecule has 5 rings (SSSR count). The van der Waals surface area contributed by atoms with Gasteiger partial charge in [-0.3, -0.25) is 9.36 Å². The third-order valence-corrected chi connectivity index (χ3v) is 7.85. The van der Waals surface area contributed by atoms with Crippen molar-refractivity contribution >= 4 is 28.7 Å². The van der Waals surface area contributed by atoms with Gasteiger partial charge in [0.15, 0.2) is 0 Å². The fourth-order valence-electron chi connectivity index (χ4n) is 4.99. The smallest absolute Gasteiger partial charge is 0.416 e. The maximum absolute atomic E-state index is 13.7. The number of nitrogens with zero attached hydrogens (tertiary/aromatic N) is 2. The van der Waals surface area contributed by atoms with E-state index < -0.39 is 29.3 Å². The molecule has 4 aromatic rings. The minimum atomic E-state index is -4.55. The number of aliphatic carboxylic acids is 1. The van der Waals surface area contributed by atoms with E-state index in [0.29, 0.717) is 29.1 Å². The maximum atomic E-state index is 13.7. The van der Waals surface area contributed by atoms with Crippen LogP contribution in [0.3, 0.4) is 0 Å². The monoisotopic (exact) mass is 538 g/mol. The Morgan fingerprint density at radius 3 is 2.50 bits per heavy atom. The van der Waals surface area contributed by atoms with E-state index in [-0.39, 0.29) is 12.1 Å². The molecular weight excluding hydrogens is 513 g/mol. The highest BCUT2D eigenvalue weighted by Crippen LogP contribution is 2.42. The second-order valence-corrected chi connectivity index (χ2v) is 10.4. The summed E-state index contributed by atoms with van der Waals surface area (Å²) in [6, 6.07) is 18.8. The Bertz CT molecular complexity index is 1580. The Kier molecular flexibility index (Phi) is 7.07. The van der Waals surface area contributed by atoms with Crippen LogP contribution < -0.4 is 5.56 Å². The van der Waals surface area contributed by atoms with Crippen molar-refractivity contribution in [2.75, 3.05) is 13.1 Å². The van der Waals surface area contributed by atoms with Gasteiger partial charge >= 0.3 is 12.1 Å². The van der Waals surface area contributed by atoms with Gasteiger partial charge in [-0.05, 0) is 64.4 Å². The lowest BCUT2D eigenvalue weighted by Gasteiger charge is -2.34. The van der Waals surface area contributed by atoms with Crippen LogP contribution in [0.5, 0.6) is 0 Å². The molecule has 0 bridgehead atoms. The summed E-state index contributed by atoms with van der Waals surface area (Å²) in [4.78, 5) is 25.6. The van der Waals surface area contributed by atoms with Crippen LogP contribution in [0.1, 0.15) is 36.1 Å². The minimum absolute atomic E-state index is 0.117. The van der Waals surface area contributed by atoms with Crippen molar-refractivity contribution in [2.45, 2.75) is 37.0 Å². The lowest BCUT2D eigenvalue weighted by molar-refractivity contribution is -0.141. The van der Waals surface area contributed by atoms with E-state index in [2.05, 4.69) is 0 Å². The van der Waals surface area contributed by atoms with Gasteiger partial charge in [-0.1, -0.05) is 61.5 Å². The van der Waals surface area contributed by atoms with Crippen molar-refractivity contribution in [2.24, 2.45) is 0 Å². The lowest BCUT2D eigenvalue weighted by Crippen LogP contribution is -2.42. The first-order valence-corrected chi connectivity index (χ1v) is 13.0. The number of carbonyl (C=O) groups is 1. The molecule has 0 fully saturated rings. The molecule has 0 saturated carbocycles. The highest BCUT2D eigenvalue weighted by molar-refractivity contribution is 7.97. The molecule has 1 N–H and O–H groups in total. The van der Waals surface area contributed by atoms with Crippen LogP contribution in [-0.4, -0.2) is 33.0 Å². The first-order chi connectivity index (χ1) is 18.2. The van der Waals surface area contributed by atoms with Crippen molar-refractivity contribution in [3.8, 4) is 11.1 Å². The van der Waals surface area contributed by atoms with Crippen molar-refractivity contribution in [1.82, 2.24) is 8.87 Å². The van der Waals surface area contributed by atoms with Gasteiger partial charge in [0, 0.05) is 24.7 Å². The number of aromatic nitrogens is 1. The second-order valence-electron chi connectivity index (χ2n) is 9.28. The molecule has 0 saturated heterocycles. The summed E-state index contributed by atoms with van der Waals surface area (Å²) in [5.41, 5.74) is 0.905. The van der Waals surface area contributed by atoms with E-state index in [0.717, 1.165) is 34.9 Å². The molecule has 196 valence electrons. The minimum Gasteiger partial charge on any atom is -0.480 e. The Morgan fingerprint density at radius 2 is 1.76 bits per heavy atom. The summed E-state index contributed by atoms with van der Waals surface area (Å²) in [5, 5.41) is 12.3. The van der Waals surface area contributed by atoms with Crippen molar-refractivity contribution in [3.05, 3.63) is 99.8 Å². The second kappa shape index (κ2) is 10.3. The largest absolute Gasteiger partial charge is 0.480 e. The standard InChI is InChI=1S/C29H25F3N2O3S/c1-2-13-33-17-24(28(36)37)34-25(35)16-21(14-19-9-5-8-18-7-3-4-12-23(18)19)26(27(34)38-33)20-10-6-11-22(15-20)29(30,31)32/h3-12,15-16,24H,2,13-14,17H2,1H3,(H,36,37). The SMILES string of the molecule is CCCN1CC(C(=O)O)n2c(c(-c3cccc(C(F)(F)F)c3)c(Cc3cccc4ccccc34)cc2=O)S1. The van der Waals surface area contributed by atoms with Gasteiger partial charge in [-0.2, -0.15) is 13.2 Å². The number of halogens is 3. The Balaban J connectivity index is 1.78. The van der Waals surface area contributed by atoms with Crippen LogP contribution in [0.2, 0.25) is 0 Å². The van der Waals surface area contributed by atoms with Crippen LogP contribution in [0, 0.1) is 0 Å². The number of hydrogen-bond acceptors (Lipinski definition) is 4. The van der Waals surface area contributed by atoms with Gasteiger partial charge in [-0.15, -0.1) is 0 Å². The van der Waals surface area contributed by atoms with Crippen LogP contribution >= 0.6 is 11.9 Å². The van der Waals surface area contributed by atoms with E-state index in [1.807, 2.05) is 53.7 Å². The maximum Gasteiger partial charge on any atom is 0.416 e. The number of benzene rings is 3. The van der Waals surface area contributed by atoms with E-state index in [1.54, 1.807) is 6.07 Å². The number of hydrogen-bond donors (Lipinski definition) is 1. The van der Waals surface area contributed by atoms with Crippen LogP contribution in [-0.2, 0) is 17.4 Å². The third kappa shape index (κ3) is 4.96. The van der Waals surface area contributed by atoms with Crippen LogP contribution in [0.25, 0.3) is 21.9 Å². The molecule has 1 unspecified atom stereocenters. The van der Waals surface area contributed by atoms with Gasteiger partial charge in [0.05, 0.1) is 5.56 Å². The molecule has 5 nitrogen and oxygen atoms in total. The molecule has 0 radical (unpaired) electrons. The number of pyridine rings is 1. The summed E-state index contributed by atoms with van der Waals surface area (Å²) >= 11 is 1.23. The molecule has 0 spiro atoms. The summed E-state index contributed by atoms with van der Waals surface area (Å²) in [6.07, 6.45) is -3.51. The third-order valence-electron chi connectivity index (χ3n) is 6.69. The zero-order valence-corrected chi connectivity index (χ0v) is 21.4. The van der Waals surface area contributed by atoms with Crippen molar-refractivity contribution in [1.29, 1.82) is 0 Å². The van der Waals surface area contributed by atoms with Gasteiger partial charge < -0.3 is 5.11 Å². The number of rotatable bonds is 6. The molecule has 2 heterocycles. The topological polar surface area (TPSA) is 62.5 Å². The zero-order valence-electron chi connectivity index (χ0n) is 20.5. The summed E-state index contributed by atoms with van der Waals surface area (Å²) in [6.45, 7) is 2.65. The Hall–Kier alpha value is -3.56. The molecule has 3 aromatic carbocycles. The Labute approximate surface area is 221 Å². The Morgan fingerprint density at radius 1 is 1.03 bits per heavy atom. The predicted octanol–water partition coefficient (Wildman–Crippen LogP) is 6.64. The van der Waals surface area contributed by atoms with Crippen LogP contribution in [0.4, 0.5) is 13.2 Å². The molecule has 1 aliphatic heterocycles. The first kappa shape index (κ1) is 26.1. The molecule has 1 aliphatic rings. The first-order valence-electron chi connectivity index (χ1n) is 12.3. The fourth-order valence-corrected chi connectivity index (χ4v) is 6.37. The molecular formula is C29H25F3N2O3S. The summed E-state index contributed by atoms with van der Waals surface area (Å²) in [5.74, 6) is -1.16. The molecule has 38 heavy (non-hydrogen) atoms. The van der Waals surface area contributed by atoms with Crippen molar-refractivity contribution < 1.29 is 23.1 Å². The quantitative estimate of drug-likeness (QED) is 0.279. The predicted molar refractivity (Wildman–Crippen MR) is 142 cm³/mol. The number of carboxylic acids is 1. The van der Waals surface area contributed by atoms with E-state index in [1.165, 1.54) is 28.6 Å². The lowest BCUT2D eigenvalue weighted by atomic mass is 9.93. The highest BCUT2D eigenvalue weighted by Gasteiger charge is 2.35. The average Bonchev–Trinajstić information content (AvgIpc) is 2.88. The zero-order chi connectivity index (χ0) is 27.0. The molecule has 9 heteroatoms. The van der Waals surface area contributed by atoms with E-state index in [4.69, 9.17) is 0 Å². The fraction of sp³-hybridized carbons (Fsp3) is 0.241. The van der Waals surface area contributed by atoms with Gasteiger partial charge in [0.1, 0.15) is 11.1 Å². The normalized spacial score (nSPS) is 15.9. The van der Waals surface area contributed by atoms with Crippen LogP contribution in [0.15, 0.2) is 82.6 Å². The van der Waals surface area contributed by atoms with Crippen molar-refractivity contribution in [3.63, 3.8) is 0 Å². The van der Waals surface area contributed by atoms with Gasteiger partial charge in [0.2, 0.25) is 0 Å². The number of carboxylic acid groups (broad SMARTS) is 1. The molecule has 1 aromatic heterocycles. The number of alkyl halides is 3. The molecule has 0 aliphatic carbocycles. The summed E-state index contributed by atoms with van der Waals surface area (Å²) < 4.78 is 44.2.